The van der Waals surface area contributed by atoms with Gasteiger partial charge in [-0.05, 0) is 55.6 Å². The Bertz CT molecular complexity index is 679. The molecule has 1 saturated carbocycles. The number of halogens is 4. The van der Waals surface area contributed by atoms with Crippen LogP contribution in [0.15, 0.2) is 12.1 Å². The molecular weight excluding hydrogens is 364 g/mol. The number of fused-ring (bicyclic) bond motifs is 1. The number of alkyl halides is 3. The van der Waals surface area contributed by atoms with Gasteiger partial charge in [-0.25, -0.2) is 9.18 Å². The number of aryl methyl sites for hydroxylation is 1. The van der Waals surface area contributed by atoms with Crippen molar-refractivity contribution >= 4 is 5.97 Å². The summed E-state index contributed by atoms with van der Waals surface area (Å²) < 4.78 is 63.2. The van der Waals surface area contributed by atoms with Crippen LogP contribution in [0.5, 0.6) is 0 Å². The summed E-state index contributed by atoms with van der Waals surface area (Å²) >= 11 is 0. The number of hydrogen-bond donors (Lipinski definition) is 0. The molecule has 150 valence electrons. The molecule has 1 aliphatic carbocycles. The van der Waals surface area contributed by atoms with Gasteiger partial charge < -0.3 is 9.47 Å². The van der Waals surface area contributed by atoms with Gasteiger partial charge >= 0.3 is 12.1 Å². The summed E-state index contributed by atoms with van der Waals surface area (Å²) in [5.74, 6) is -1.28. The molecule has 0 radical (unpaired) electrons. The summed E-state index contributed by atoms with van der Waals surface area (Å²) in [6.45, 7) is 2.73. The Morgan fingerprint density at radius 3 is 2.56 bits per heavy atom. The molecule has 1 atom stereocenters. The molecule has 0 spiro atoms. The number of hydrogen-bond acceptors (Lipinski definition) is 3. The van der Waals surface area contributed by atoms with Gasteiger partial charge in [-0.3, -0.25) is 0 Å². The second-order valence-electron chi connectivity index (χ2n) is 7.57. The summed E-state index contributed by atoms with van der Waals surface area (Å²) in [5.41, 5.74) is -0.0189. The van der Waals surface area contributed by atoms with Gasteiger partial charge in [-0.1, -0.05) is 19.1 Å². The van der Waals surface area contributed by atoms with Gasteiger partial charge in [-0.15, -0.1) is 0 Å². The van der Waals surface area contributed by atoms with Crippen LogP contribution in [0.25, 0.3) is 0 Å². The molecule has 3 nitrogen and oxygen atoms in total. The Labute approximate surface area is 156 Å². The van der Waals surface area contributed by atoms with Gasteiger partial charge in [0.05, 0.1) is 11.7 Å². The fourth-order valence-corrected chi connectivity index (χ4v) is 3.76. The Morgan fingerprint density at radius 1 is 1.19 bits per heavy atom. The lowest BCUT2D eigenvalue weighted by molar-refractivity contribution is -0.205. The first-order valence-electron chi connectivity index (χ1n) is 9.45. The third-order valence-electron chi connectivity index (χ3n) is 5.44. The van der Waals surface area contributed by atoms with Gasteiger partial charge in [-0.2, -0.15) is 13.2 Å². The van der Waals surface area contributed by atoms with Crippen LogP contribution in [0.3, 0.4) is 0 Å². The molecule has 0 bridgehead atoms. The van der Waals surface area contributed by atoms with E-state index in [1.165, 1.54) is 12.1 Å². The number of cyclic esters (lactones) is 1. The van der Waals surface area contributed by atoms with Crippen LogP contribution in [0.2, 0.25) is 0 Å². The fraction of sp³-hybridized carbons (Fsp3) is 0.650. The van der Waals surface area contributed by atoms with Crippen LogP contribution < -0.4 is 0 Å². The predicted molar refractivity (Wildman–Crippen MR) is 91.1 cm³/mol. The molecule has 1 heterocycles. The number of benzene rings is 1. The maximum absolute atomic E-state index is 14.6. The van der Waals surface area contributed by atoms with E-state index in [4.69, 9.17) is 4.74 Å². The third kappa shape index (κ3) is 4.81. The van der Waals surface area contributed by atoms with Crippen molar-refractivity contribution in [1.82, 2.24) is 0 Å². The number of carbonyl (C=O) groups is 1. The van der Waals surface area contributed by atoms with Crippen molar-refractivity contribution in [1.29, 1.82) is 0 Å². The minimum Gasteiger partial charge on any atom is -0.449 e. The Hall–Kier alpha value is -1.63. The second-order valence-corrected chi connectivity index (χ2v) is 7.57. The van der Waals surface area contributed by atoms with E-state index >= 15 is 0 Å². The number of esters is 1. The number of ether oxygens (including phenoxy) is 2. The molecule has 1 fully saturated rings. The van der Waals surface area contributed by atoms with Gasteiger partial charge in [0.15, 0.2) is 0 Å². The highest BCUT2D eigenvalue weighted by Gasteiger charge is 2.46. The first-order chi connectivity index (χ1) is 12.8. The summed E-state index contributed by atoms with van der Waals surface area (Å²) in [5, 5.41) is 0. The van der Waals surface area contributed by atoms with E-state index in [-0.39, 0.29) is 17.2 Å². The van der Waals surface area contributed by atoms with Crippen molar-refractivity contribution < 1.29 is 31.8 Å². The van der Waals surface area contributed by atoms with Crippen LogP contribution in [0.4, 0.5) is 17.6 Å². The zero-order chi connectivity index (χ0) is 19.6. The summed E-state index contributed by atoms with van der Waals surface area (Å²) in [4.78, 5) is 11.9. The minimum atomic E-state index is -4.66. The maximum Gasteiger partial charge on any atom is 0.425 e. The quantitative estimate of drug-likeness (QED) is 0.405. The Morgan fingerprint density at radius 2 is 1.89 bits per heavy atom. The fourth-order valence-electron chi connectivity index (χ4n) is 3.76. The van der Waals surface area contributed by atoms with Gasteiger partial charge in [0, 0.05) is 13.0 Å². The van der Waals surface area contributed by atoms with E-state index in [0.717, 1.165) is 31.6 Å². The van der Waals surface area contributed by atoms with Crippen molar-refractivity contribution in [2.75, 3.05) is 6.61 Å². The van der Waals surface area contributed by atoms with Crippen LogP contribution >= 0.6 is 0 Å². The summed E-state index contributed by atoms with van der Waals surface area (Å²) in [6.07, 6.45) is -1.82. The average molecular weight is 388 g/mol. The second kappa shape index (κ2) is 8.17. The van der Waals surface area contributed by atoms with Crippen molar-refractivity contribution in [2.45, 2.75) is 70.3 Å². The molecule has 1 aromatic carbocycles. The highest BCUT2D eigenvalue weighted by Crippen LogP contribution is 2.33. The summed E-state index contributed by atoms with van der Waals surface area (Å²) in [6, 6.07) is 2.86. The predicted octanol–water partition coefficient (Wildman–Crippen LogP) is 5.00. The lowest BCUT2D eigenvalue weighted by Gasteiger charge is -2.27. The third-order valence-corrected chi connectivity index (χ3v) is 5.44. The molecule has 3 rings (SSSR count). The summed E-state index contributed by atoms with van der Waals surface area (Å²) in [7, 11) is 0. The van der Waals surface area contributed by atoms with Crippen molar-refractivity contribution in [3.63, 3.8) is 0 Å². The van der Waals surface area contributed by atoms with E-state index in [9.17, 15) is 22.4 Å². The van der Waals surface area contributed by atoms with Crippen LogP contribution in [-0.4, -0.2) is 31.0 Å². The first-order valence-corrected chi connectivity index (χ1v) is 9.45. The standard InChI is InChI=1S/C20H24F4O3/c1-12-4-8-15(9-5-12)26-10-2-3-13-6-7-14-11-16(20(22,23)24)27-19(25)17(14)18(13)21/h6-7,12,15-16H,2-5,8-11H2,1H3. The zero-order valence-electron chi connectivity index (χ0n) is 15.3. The van der Waals surface area contributed by atoms with E-state index < -0.39 is 30.5 Å². The van der Waals surface area contributed by atoms with E-state index in [1.807, 2.05) is 0 Å². The van der Waals surface area contributed by atoms with Crippen LogP contribution in [-0.2, 0) is 22.3 Å². The molecule has 27 heavy (non-hydrogen) atoms. The molecule has 0 aromatic heterocycles. The molecule has 0 N–H and O–H groups in total. The van der Waals surface area contributed by atoms with Crippen molar-refractivity contribution in [3.05, 3.63) is 34.6 Å². The lowest BCUT2D eigenvalue weighted by atomic mass is 9.89. The van der Waals surface area contributed by atoms with Crippen LogP contribution in [0.1, 0.15) is 60.5 Å². The zero-order valence-corrected chi connectivity index (χ0v) is 15.3. The maximum atomic E-state index is 14.6. The molecule has 0 amide bonds. The van der Waals surface area contributed by atoms with E-state index in [2.05, 4.69) is 11.7 Å². The normalized spacial score (nSPS) is 25.8. The van der Waals surface area contributed by atoms with Gasteiger partial charge in [0.2, 0.25) is 6.10 Å². The minimum absolute atomic E-state index is 0.0439. The SMILES string of the molecule is CC1CCC(OCCCc2ccc3c(c2F)C(=O)OC(C(F)(F)F)C3)CC1. The smallest absolute Gasteiger partial charge is 0.425 e. The molecule has 1 aliphatic heterocycles. The average Bonchev–Trinajstić information content (AvgIpc) is 2.60. The molecular formula is C20H24F4O3. The molecule has 1 aromatic rings. The monoisotopic (exact) mass is 388 g/mol. The lowest BCUT2D eigenvalue weighted by Crippen LogP contribution is -2.39. The van der Waals surface area contributed by atoms with E-state index in [0.29, 0.717) is 25.0 Å². The first kappa shape index (κ1) is 20.1. The van der Waals surface area contributed by atoms with Gasteiger partial charge in [0.1, 0.15) is 5.82 Å². The van der Waals surface area contributed by atoms with Crippen molar-refractivity contribution in [3.8, 4) is 0 Å². The molecule has 1 unspecified atom stereocenters. The van der Waals surface area contributed by atoms with E-state index in [1.54, 1.807) is 0 Å². The molecule has 7 heteroatoms. The Kier molecular flexibility index (Phi) is 6.08. The molecule has 2 aliphatic rings. The van der Waals surface area contributed by atoms with Crippen molar-refractivity contribution in [2.24, 2.45) is 5.92 Å². The highest BCUT2D eigenvalue weighted by molar-refractivity contribution is 5.92. The number of rotatable bonds is 5. The molecule has 0 saturated heterocycles. The number of carbonyl (C=O) groups excluding carboxylic acids is 1. The largest absolute Gasteiger partial charge is 0.449 e. The Balaban J connectivity index is 1.57. The van der Waals surface area contributed by atoms with Crippen LogP contribution in [0, 0.1) is 11.7 Å². The topological polar surface area (TPSA) is 35.5 Å². The van der Waals surface area contributed by atoms with Gasteiger partial charge in [0.25, 0.3) is 0 Å². The highest BCUT2D eigenvalue weighted by atomic mass is 19.4.